The van der Waals surface area contributed by atoms with Gasteiger partial charge in [-0.25, -0.2) is 0 Å². The highest BCUT2D eigenvalue weighted by molar-refractivity contribution is 5.98. The molecule has 1 aromatic carbocycles. The van der Waals surface area contributed by atoms with E-state index in [-0.39, 0.29) is 18.3 Å². The Morgan fingerprint density at radius 1 is 1.21 bits per heavy atom. The molecule has 24 heavy (non-hydrogen) atoms. The summed E-state index contributed by atoms with van der Waals surface area (Å²) in [5, 5.41) is 0. The van der Waals surface area contributed by atoms with Gasteiger partial charge in [-0.3, -0.25) is 9.78 Å². The molecule has 0 fully saturated rings. The van der Waals surface area contributed by atoms with Crippen molar-refractivity contribution in [2.75, 3.05) is 26.5 Å². The number of nitrogens with zero attached hydrogens (tertiary/aromatic N) is 2. The Morgan fingerprint density at radius 2 is 1.88 bits per heavy atom. The Labute approximate surface area is 147 Å². The maximum Gasteiger partial charge on any atom is 0.257 e. The monoisotopic (exact) mass is 349 g/mol. The summed E-state index contributed by atoms with van der Waals surface area (Å²) >= 11 is 0. The lowest BCUT2D eigenvalue weighted by atomic mass is 9.98. The van der Waals surface area contributed by atoms with Gasteiger partial charge in [0.2, 0.25) is 0 Å². The predicted molar refractivity (Wildman–Crippen MR) is 93.9 cm³/mol. The molecule has 0 saturated carbocycles. The normalized spacial score (nSPS) is 12.8. The number of hydrogen-bond donors (Lipinski definition) is 1. The second-order valence-electron chi connectivity index (χ2n) is 5.42. The zero-order valence-electron chi connectivity index (χ0n) is 13.6. The first-order valence-electron chi connectivity index (χ1n) is 7.36. The zero-order chi connectivity index (χ0) is 16.4. The molecule has 0 aliphatic carbocycles. The topological polar surface area (TPSA) is 77.7 Å². The Morgan fingerprint density at radius 3 is 2.50 bits per heavy atom. The Kier molecular flexibility index (Phi) is 5.51. The molecule has 0 saturated heterocycles. The van der Waals surface area contributed by atoms with Crippen LogP contribution in [0, 0.1) is 0 Å². The summed E-state index contributed by atoms with van der Waals surface area (Å²) < 4.78 is 10.7. The molecule has 0 unspecified atom stereocenters. The molecule has 2 N–H and O–H groups in total. The Hall–Kier alpha value is -2.47. The van der Waals surface area contributed by atoms with Gasteiger partial charge in [0.15, 0.2) is 11.5 Å². The van der Waals surface area contributed by atoms with Crippen LogP contribution in [0.1, 0.15) is 21.5 Å². The van der Waals surface area contributed by atoms with Crippen LogP contribution in [0.4, 0.5) is 5.69 Å². The van der Waals surface area contributed by atoms with Gasteiger partial charge >= 0.3 is 0 Å². The molecule has 2 heterocycles. The fraction of sp³-hybridized carbons (Fsp3) is 0.294. The smallest absolute Gasteiger partial charge is 0.257 e. The molecule has 1 aliphatic heterocycles. The molecular formula is C17H20ClN3O3. The largest absolute Gasteiger partial charge is 0.493 e. The number of nitrogens with two attached hydrogens (primary N) is 1. The molecule has 1 aromatic heterocycles. The average Bonchev–Trinajstić information content (AvgIpc) is 2.59. The number of aromatic nitrogens is 1. The van der Waals surface area contributed by atoms with Crippen molar-refractivity contribution >= 4 is 24.0 Å². The summed E-state index contributed by atoms with van der Waals surface area (Å²) in [4.78, 5) is 18.4. The van der Waals surface area contributed by atoms with Gasteiger partial charge in [0.1, 0.15) is 0 Å². The van der Waals surface area contributed by atoms with Crippen molar-refractivity contribution in [3.8, 4) is 11.5 Å². The molecule has 128 valence electrons. The average molecular weight is 350 g/mol. The first-order valence-corrected chi connectivity index (χ1v) is 7.36. The van der Waals surface area contributed by atoms with E-state index in [1.807, 2.05) is 12.1 Å². The number of carbonyl (C=O) groups is 1. The zero-order valence-corrected chi connectivity index (χ0v) is 14.4. The highest BCUT2D eigenvalue weighted by Crippen LogP contribution is 2.33. The molecule has 1 amide bonds. The first-order chi connectivity index (χ1) is 11.1. The summed E-state index contributed by atoms with van der Waals surface area (Å²) in [5.74, 6) is 1.28. The minimum atomic E-state index is -0.101. The quantitative estimate of drug-likeness (QED) is 0.920. The fourth-order valence-electron chi connectivity index (χ4n) is 2.81. The Balaban J connectivity index is 0.00000208. The van der Waals surface area contributed by atoms with E-state index in [1.54, 1.807) is 31.4 Å². The van der Waals surface area contributed by atoms with Gasteiger partial charge in [0.25, 0.3) is 5.91 Å². The highest BCUT2D eigenvalue weighted by atomic mass is 35.5. The van der Waals surface area contributed by atoms with Gasteiger partial charge in [-0.1, -0.05) is 0 Å². The number of hydrogen-bond acceptors (Lipinski definition) is 5. The van der Waals surface area contributed by atoms with Crippen LogP contribution in [-0.4, -0.2) is 36.6 Å². The van der Waals surface area contributed by atoms with Crippen molar-refractivity contribution < 1.29 is 14.3 Å². The van der Waals surface area contributed by atoms with Crippen molar-refractivity contribution in [3.05, 3.63) is 47.3 Å². The maximum absolute atomic E-state index is 12.7. The summed E-state index contributed by atoms with van der Waals surface area (Å²) in [5.41, 5.74) is 9.00. The molecule has 0 bridgehead atoms. The molecule has 2 aromatic rings. The van der Waals surface area contributed by atoms with Crippen LogP contribution in [0.25, 0.3) is 0 Å². The SMILES string of the molecule is COc1cc2c(cc1OC)CN(C(=O)c1cnccc1N)CC2.Cl. The lowest BCUT2D eigenvalue weighted by Gasteiger charge is -2.30. The number of benzene rings is 1. The predicted octanol–water partition coefficient (Wildman–Crippen LogP) is 2.30. The number of pyridine rings is 1. The van der Waals surface area contributed by atoms with E-state index >= 15 is 0 Å². The van der Waals surface area contributed by atoms with Crippen molar-refractivity contribution in [2.24, 2.45) is 0 Å². The maximum atomic E-state index is 12.7. The molecule has 6 nitrogen and oxygen atoms in total. The van der Waals surface area contributed by atoms with Gasteiger partial charge in [0.05, 0.1) is 19.8 Å². The van der Waals surface area contributed by atoms with Crippen LogP contribution in [0.15, 0.2) is 30.6 Å². The van der Waals surface area contributed by atoms with E-state index in [0.29, 0.717) is 35.8 Å². The molecule has 1 aliphatic rings. The van der Waals surface area contributed by atoms with Crippen LogP contribution in [0.5, 0.6) is 11.5 Å². The Bertz CT molecular complexity index is 752. The standard InChI is InChI=1S/C17H19N3O3.ClH/c1-22-15-7-11-4-6-20(10-12(11)8-16(15)23-2)17(21)13-9-19-5-3-14(13)18;/h3,5,7-9H,4,6,10H2,1-2H3,(H2,18,19);1H. The van der Waals surface area contributed by atoms with Crippen LogP contribution in [0.2, 0.25) is 0 Å². The third-order valence-corrected chi connectivity index (χ3v) is 4.09. The molecule has 7 heteroatoms. The van der Waals surface area contributed by atoms with Gasteiger partial charge in [-0.15, -0.1) is 12.4 Å². The number of fused-ring (bicyclic) bond motifs is 1. The number of halogens is 1. The van der Waals surface area contributed by atoms with Gasteiger partial charge < -0.3 is 20.1 Å². The van der Waals surface area contributed by atoms with E-state index in [2.05, 4.69) is 4.98 Å². The van der Waals surface area contributed by atoms with Gasteiger partial charge in [0, 0.05) is 31.2 Å². The highest BCUT2D eigenvalue weighted by Gasteiger charge is 2.24. The van der Waals surface area contributed by atoms with Crippen molar-refractivity contribution in [1.29, 1.82) is 0 Å². The lowest BCUT2D eigenvalue weighted by molar-refractivity contribution is 0.0735. The van der Waals surface area contributed by atoms with Crippen molar-refractivity contribution in [2.45, 2.75) is 13.0 Å². The summed E-state index contributed by atoms with van der Waals surface area (Å²) in [6.07, 6.45) is 3.86. The molecule has 0 radical (unpaired) electrons. The second-order valence-corrected chi connectivity index (χ2v) is 5.42. The third-order valence-electron chi connectivity index (χ3n) is 4.09. The lowest BCUT2D eigenvalue weighted by Crippen LogP contribution is -2.36. The van der Waals surface area contributed by atoms with Crippen LogP contribution < -0.4 is 15.2 Å². The minimum absolute atomic E-state index is 0. The van der Waals surface area contributed by atoms with Crippen LogP contribution in [0.3, 0.4) is 0 Å². The number of anilines is 1. The van der Waals surface area contributed by atoms with E-state index < -0.39 is 0 Å². The van der Waals surface area contributed by atoms with E-state index in [0.717, 1.165) is 12.0 Å². The molecule has 3 rings (SSSR count). The van der Waals surface area contributed by atoms with Gasteiger partial charge in [-0.05, 0) is 35.7 Å². The number of methoxy groups -OCH3 is 2. The number of rotatable bonds is 3. The molecular weight excluding hydrogens is 330 g/mol. The molecule has 0 spiro atoms. The number of carbonyl (C=O) groups excluding carboxylic acids is 1. The summed E-state index contributed by atoms with van der Waals surface area (Å²) in [7, 11) is 3.22. The van der Waals surface area contributed by atoms with Crippen LogP contribution >= 0.6 is 12.4 Å². The van der Waals surface area contributed by atoms with E-state index in [4.69, 9.17) is 15.2 Å². The van der Waals surface area contributed by atoms with Crippen LogP contribution in [-0.2, 0) is 13.0 Å². The minimum Gasteiger partial charge on any atom is -0.493 e. The second kappa shape index (κ2) is 7.40. The number of amides is 1. The van der Waals surface area contributed by atoms with E-state index in [1.165, 1.54) is 11.8 Å². The van der Waals surface area contributed by atoms with Crippen molar-refractivity contribution in [1.82, 2.24) is 9.88 Å². The number of ether oxygens (including phenoxy) is 2. The van der Waals surface area contributed by atoms with E-state index in [9.17, 15) is 4.79 Å². The fourth-order valence-corrected chi connectivity index (χ4v) is 2.81. The van der Waals surface area contributed by atoms with Crippen molar-refractivity contribution in [3.63, 3.8) is 0 Å². The summed E-state index contributed by atoms with van der Waals surface area (Å²) in [6, 6.07) is 5.55. The summed E-state index contributed by atoms with van der Waals surface area (Å²) in [6.45, 7) is 1.15. The van der Waals surface area contributed by atoms with Gasteiger partial charge in [-0.2, -0.15) is 0 Å². The number of nitrogen functional groups attached to an aromatic ring is 1. The third kappa shape index (κ3) is 3.23. The molecule has 0 atom stereocenters. The first kappa shape index (κ1) is 17.9.